The van der Waals surface area contributed by atoms with Crippen LogP contribution in [-0.4, -0.2) is 58.5 Å². The Kier molecular flexibility index (Phi) is 7.87. The number of amides is 2. The molecule has 2 amide bonds. The maximum Gasteiger partial charge on any atom is 0.220 e. The van der Waals surface area contributed by atoms with Crippen molar-refractivity contribution in [3.8, 4) is 11.8 Å². The van der Waals surface area contributed by atoms with E-state index in [4.69, 9.17) is 0 Å². The van der Waals surface area contributed by atoms with E-state index in [1.165, 1.54) is 6.92 Å². The van der Waals surface area contributed by atoms with E-state index in [0.29, 0.717) is 24.9 Å². The van der Waals surface area contributed by atoms with Crippen molar-refractivity contribution in [1.82, 2.24) is 9.80 Å². The van der Waals surface area contributed by atoms with Gasteiger partial charge < -0.3 is 14.9 Å². The quantitative estimate of drug-likeness (QED) is 0.750. The van der Waals surface area contributed by atoms with Gasteiger partial charge in [-0.25, -0.2) is 0 Å². The molecule has 0 bridgehead atoms. The van der Waals surface area contributed by atoms with Crippen molar-refractivity contribution in [3.63, 3.8) is 0 Å². The number of hydrogen-bond acceptors (Lipinski definition) is 3. The van der Waals surface area contributed by atoms with Crippen molar-refractivity contribution < 1.29 is 14.7 Å². The summed E-state index contributed by atoms with van der Waals surface area (Å²) in [6.07, 6.45) is 0. The van der Waals surface area contributed by atoms with Crippen molar-refractivity contribution in [2.75, 3.05) is 19.7 Å². The maximum atomic E-state index is 12.3. The van der Waals surface area contributed by atoms with E-state index in [0.717, 1.165) is 11.1 Å². The Labute approximate surface area is 175 Å². The number of aliphatic hydroxyl groups excluding tert-OH is 1. The summed E-state index contributed by atoms with van der Waals surface area (Å²) in [4.78, 5) is 28.0. The molecule has 5 nitrogen and oxygen atoms in total. The van der Waals surface area contributed by atoms with Gasteiger partial charge in [-0.2, -0.15) is 0 Å². The van der Waals surface area contributed by atoms with E-state index in [1.807, 2.05) is 29.2 Å². The number of carbonyl (C=O) groups is 2. The molecule has 158 valence electrons. The largest absolute Gasteiger partial charge is 0.394 e. The SMILES string of the molecule is CC(=O)N(CC(C)C)C[C@@H]1[C@@H](c2ccc(C#CC(C)C)cc2)[C@@H](CO)N1C(C)=O. The number of rotatable bonds is 6. The molecule has 1 aliphatic rings. The number of carbonyl (C=O) groups excluding carboxylic acids is 2. The summed E-state index contributed by atoms with van der Waals surface area (Å²) in [7, 11) is 0. The third-order valence-corrected chi connectivity index (χ3v) is 5.33. The number of aliphatic hydroxyl groups is 1. The third kappa shape index (κ3) is 5.61. The molecular formula is C24H34N2O3. The van der Waals surface area contributed by atoms with E-state index >= 15 is 0 Å². The first kappa shape index (κ1) is 23.0. The van der Waals surface area contributed by atoms with Crippen molar-refractivity contribution in [1.29, 1.82) is 0 Å². The zero-order valence-electron chi connectivity index (χ0n) is 18.5. The summed E-state index contributed by atoms with van der Waals surface area (Å²) in [6, 6.07) is 7.64. The van der Waals surface area contributed by atoms with Crippen LogP contribution in [0.1, 0.15) is 58.6 Å². The minimum Gasteiger partial charge on any atom is -0.394 e. The summed E-state index contributed by atoms with van der Waals surface area (Å²) in [5.74, 6) is 6.90. The smallest absolute Gasteiger partial charge is 0.220 e. The molecule has 1 aromatic carbocycles. The van der Waals surface area contributed by atoms with E-state index in [9.17, 15) is 14.7 Å². The van der Waals surface area contributed by atoms with Crippen LogP contribution in [0.2, 0.25) is 0 Å². The fraction of sp³-hybridized carbons (Fsp3) is 0.583. The molecule has 0 aromatic heterocycles. The first-order valence-electron chi connectivity index (χ1n) is 10.4. The summed E-state index contributed by atoms with van der Waals surface area (Å²) in [6.45, 7) is 12.4. The van der Waals surface area contributed by atoms with E-state index in [2.05, 4.69) is 39.5 Å². The van der Waals surface area contributed by atoms with Crippen LogP contribution in [0.4, 0.5) is 0 Å². The highest BCUT2D eigenvalue weighted by Gasteiger charge is 2.50. The van der Waals surface area contributed by atoms with E-state index in [1.54, 1.807) is 11.8 Å². The number of benzene rings is 1. The van der Waals surface area contributed by atoms with Gasteiger partial charge in [0.05, 0.1) is 18.7 Å². The lowest BCUT2D eigenvalue weighted by atomic mass is 9.74. The van der Waals surface area contributed by atoms with Crippen LogP contribution in [0.5, 0.6) is 0 Å². The van der Waals surface area contributed by atoms with Gasteiger partial charge in [0.2, 0.25) is 11.8 Å². The van der Waals surface area contributed by atoms with Crippen LogP contribution in [0.15, 0.2) is 24.3 Å². The summed E-state index contributed by atoms with van der Waals surface area (Å²) < 4.78 is 0. The van der Waals surface area contributed by atoms with Gasteiger partial charge in [-0.15, -0.1) is 0 Å². The Morgan fingerprint density at radius 2 is 1.72 bits per heavy atom. The standard InChI is InChI=1S/C24H34N2O3/c1-16(2)7-8-20-9-11-21(12-10-20)24-22(26(19(6)29)23(24)15-27)14-25(18(5)28)13-17(3)4/h9-12,16-17,22-24,27H,13-15H2,1-6H3/t22-,23-,24-/m1/s1. The topological polar surface area (TPSA) is 60.9 Å². The maximum absolute atomic E-state index is 12.3. The van der Waals surface area contributed by atoms with Gasteiger partial charge in [-0.3, -0.25) is 9.59 Å². The molecule has 1 heterocycles. The van der Waals surface area contributed by atoms with Crippen LogP contribution >= 0.6 is 0 Å². The molecule has 5 heteroatoms. The molecule has 0 unspecified atom stereocenters. The van der Waals surface area contributed by atoms with E-state index in [-0.39, 0.29) is 36.4 Å². The Hall–Kier alpha value is -2.32. The molecule has 0 aliphatic carbocycles. The molecule has 0 spiro atoms. The zero-order valence-corrected chi connectivity index (χ0v) is 18.5. The molecule has 1 aliphatic heterocycles. The lowest BCUT2D eigenvalue weighted by molar-refractivity contribution is -0.152. The highest BCUT2D eigenvalue weighted by Crippen LogP contribution is 2.41. The zero-order chi connectivity index (χ0) is 21.7. The molecule has 0 radical (unpaired) electrons. The molecule has 29 heavy (non-hydrogen) atoms. The molecule has 1 aromatic rings. The van der Waals surface area contributed by atoms with Crippen molar-refractivity contribution in [2.24, 2.45) is 11.8 Å². The molecule has 3 atom stereocenters. The summed E-state index contributed by atoms with van der Waals surface area (Å²) in [5.41, 5.74) is 2.02. The van der Waals surface area contributed by atoms with Crippen LogP contribution in [0, 0.1) is 23.7 Å². The van der Waals surface area contributed by atoms with Gasteiger partial charge in [0.25, 0.3) is 0 Å². The second-order valence-electron chi connectivity index (χ2n) is 8.63. The van der Waals surface area contributed by atoms with Crippen LogP contribution in [0.3, 0.4) is 0 Å². The van der Waals surface area contributed by atoms with E-state index < -0.39 is 0 Å². The molecule has 1 fully saturated rings. The van der Waals surface area contributed by atoms with Crippen molar-refractivity contribution >= 4 is 11.8 Å². The van der Waals surface area contributed by atoms with Gasteiger partial charge in [-0.05, 0) is 23.6 Å². The van der Waals surface area contributed by atoms with Gasteiger partial charge in [0, 0.05) is 44.3 Å². The molecule has 2 rings (SSSR count). The van der Waals surface area contributed by atoms with Gasteiger partial charge in [0.1, 0.15) is 0 Å². The van der Waals surface area contributed by atoms with Crippen molar-refractivity contribution in [2.45, 2.75) is 59.5 Å². The fourth-order valence-corrected chi connectivity index (χ4v) is 4.08. The molecule has 1 N–H and O–H groups in total. The Bertz CT molecular complexity index is 774. The number of hydrogen-bond donors (Lipinski definition) is 1. The number of likely N-dealkylation sites (tertiary alicyclic amines) is 1. The molecule has 0 saturated carbocycles. The monoisotopic (exact) mass is 398 g/mol. The van der Waals surface area contributed by atoms with Gasteiger partial charge in [0.15, 0.2) is 0 Å². The Morgan fingerprint density at radius 1 is 1.10 bits per heavy atom. The first-order chi connectivity index (χ1) is 13.6. The predicted molar refractivity (Wildman–Crippen MR) is 115 cm³/mol. The Morgan fingerprint density at radius 3 is 2.17 bits per heavy atom. The fourth-order valence-electron chi connectivity index (χ4n) is 4.08. The van der Waals surface area contributed by atoms with Crippen LogP contribution in [0.25, 0.3) is 0 Å². The second kappa shape index (κ2) is 9.93. The predicted octanol–water partition coefficient (Wildman–Crippen LogP) is 2.87. The highest BCUT2D eigenvalue weighted by atomic mass is 16.3. The van der Waals surface area contributed by atoms with Crippen molar-refractivity contribution in [3.05, 3.63) is 35.4 Å². The molecule has 1 saturated heterocycles. The summed E-state index contributed by atoms with van der Waals surface area (Å²) in [5, 5.41) is 9.95. The number of nitrogens with zero attached hydrogens (tertiary/aromatic N) is 2. The lowest BCUT2D eigenvalue weighted by Gasteiger charge is -2.55. The minimum atomic E-state index is -0.266. The average molecular weight is 399 g/mol. The second-order valence-corrected chi connectivity index (χ2v) is 8.63. The summed E-state index contributed by atoms with van der Waals surface area (Å²) >= 11 is 0. The normalized spacial score (nSPS) is 20.9. The highest BCUT2D eigenvalue weighted by molar-refractivity contribution is 5.77. The lowest BCUT2D eigenvalue weighted by Crippen LogP contribution is -2.68. The van der Waals surface area contributed by atoms with Gasteiger partial charge in [-0.1, -0.05) is 51.7 Å². The average Bonchev–Trinajstić information content (AvgIpc) is 2.62. The first-order valence-corrected chi connectivity index (χ1v) is 10.4. The van der Waals surface area contributed by atoms with Crippen LogP contribution in [-0.2, 0) is 9.59 Å². The Balaban J connectivity index is 2.30. The van der Waals surface area contributed by atoms with Crippen LogP contribution < -0.4 is 0 Å². The minimum absolute atomic E-state index is 0.00714. The third-order valence-electron chi connectivity index (χ3n) is 5.33. The van der Waals surface area contributed by atoms with Gasteiger partial charge >= 0.3 is 0 Å². The molecular weight excluding hydrogens is 364 g/mol.